The summed E-state index contributed by atoms with van der Waals surface area (Å²) < 4.78 is 58.0. The predicted molar refractivity (Wildman–Crippen MR) is 130 cm³/mol. The highest BCUT2D eigenvalue weighted by molar-refractivity contribution is 7.93. The Kier molecular flexibility index (Phi) is 6.14. The van der Waals surface area contributed by atoms with Gasteiger partial charge in [0.2, 0.25) is 0 Å². The molecule has 2 heterocycles. The Balaban J connectivity index is 1.45. The fourth-order valence-electron chi connectivity index (χ4n) is 5.16. The van der Waals surface area contributed by atoms with E-state index in [0.717, 1.165) is 43.4 Å². The number of hydrogen-bond donors (Lipinski definition) is 1. The van der Waals surface area contributed by atoms with Gasteiger partial charge in [0.05, 0.1) is 35.3 Å². The summed E-state index contributed by atoms with van der Waals surface area (Å²) in [5, 5.41) is 9.92. The monoisotopic (exact) mass is 505 g/mol. The normalized spacial score (nSPS) is 22.2. The van der Waals surface area contributed by atoms with Crippen LogP contribution in [0.25, 0.3) is 0 Å². The Hall–Kier alpha value is -2.10. The maximum Gasteiger partial charge on any atom is 0.264 e. The standard InChI is InChI=1S/C25H31NO6S2/c1-2-17-3-8-24-20(11-17)6-9-23(19-4-5-19)26(24)34(30,31)22-7-10-25(21(12-22)13-27)32-14-18-15-33(28,29)16-18/h3,7-8,10-12,18-19,23,27H,2,4-6,9,13-16H2,1H3. The number of ether oxygens (including phenoxy) is 1. The number of sulfonamides is 1. The number of fused-ring (bicyclic) bond motifs is 1. The Morgan fingerprint density at radius 1 is 1.09 bits per heavy atom. The van der Waals surface area contributed by atoms with Crippen LogP contribution >= 0.6 is 0 Å². The minimum absolute atomic E-state index is 0.0564. The lowest BCUT2D eigenvalue weighted by Gasteiger charge is -2.38. The Bertz CT molecular complexity index is 1290. The first-order chi connectivity index (χ1) is 16.2. The molecule has 0 bridgehead atoms. The number of hydrogen-bond acceptors (Lipinski definition) is 6. The van der Waals surface area contributed by atoms with Gasteiger partial charge in [0.15, 0.2) is 9.84 Å². The van der Waals surface area contributed by atoms with E-state index in [0.29, 0.717) is 17.2 Å². The molecule has 1 unspecified atom stereocenters. The van der Waals surface area contributed by atoms with Crippen LogP contribution in [-0.4, -0.2) is 46.1 Å². The van der Waals surface area contributed by atoms with Gasteiger partial charge in [0, 0.05) is 17.5 Å². The largest absolute Gasteiger partial charge is 0.493 e. The molecule has 1 saturated heterocycles. The van der Waals surface area contributed by atoms with Gasteiger partial charge >= 0.3 is 0 Å². The minimum Gasteiger partial charge on any atom is -0.493 e. The number of anilines is 1. The van der Waals surface area contributed by atoms with Crippen LogP contribution in [0, 0.1) is 11.8 Å². The van der Waals surface area contributed by atoms with Gasteiger partial charge in [0.25, 0.3) is 10.0 Å². The van der Waals surface area contributed by atoms with Gasteiger partial charge in [-0.25, -0.2) is 16.8 Å². The Morgan fingerprint density at radius 2 is 1.85 bits per heavy atom. The average molecular weight is 506 g/mol. The second-order valence-corrected chi connectivity index (χ2v) is 13.7. The number of sulfone groups is 1. The quantitative estimate of drug-likeness (QED) is 0.592. The van der Waals surface area contributed by atoms with Crippen LogP contribution in [-0.2, 0) is 39.3 Å². The molecule has 3 aliphatic rings. The molecule has 2 fully saturated rings. The van der Waals surface area contributed by atoms with Crippen LogP contribution in [0.1, 0.15) is 42.9 Å². The van der Waals surface area contributed by atoms with Crippen LogP contribution in [0.3, 0.4) is 0 Å². The summed E-state index contributed by atoms with van der Waals surface area (Å²) in [7, 11) is -6.79. The van der Waals surface area contributed by atoms with E-state index in [4.69, 9.17) is 4.74 Å². The van der Waals surface area contributed by atoms with Gasteiger partial charge < -0.3 is 9.84 Å². The van der Waals surface area contributed by atoms with Gasteiger partial charge in [-0.2, -0.15) is 0 Å². The molecular weight excluding hydrogens is 474 g/mol. The fourth-order valence-corrected chi connectivity index (χ4v) is 8.52. The lowest BCUT2D eigenvalue weighted by molar-refractivity contribution is 0.241. The molecule has 2 aliphatic heterocycles. The first kappa shape index (κ1) is 23.6. The number of rotatable bonds is 8. The highest BCUT2D eigenvalue weighted by atomic mass is 32.2. The van der Waals surface area contributed by atoms with Crippen molar-refractivity contribution in [2.45, 2.75) is 56.6 Å². The summed E-state index contributed by atoms with van der Waals surface area (Å²) in [4.78, 5) is 0.133. The van der Waals surface area contributed by atoms with Crippen molar-refractivity contribution in [2.75, 3.05) is 22.4 Å². The van der Waals surface area contributed by atoms with Crippen molar-refractivity contribution in [2.24, 2.45) is 11.8 Å². The Labute approximate surface area is 201 Å². The molecule has 1 aliphatic carbocycles. The molecule has 0 spiro atoms. The molecular formula is C25H31NO6S2. The molecule has 0 aromatic heterocycles. The van der Waals surface area contributed by atoms with E-state index in [1.165, 1.54) is 17.7 Å². The van der Waals surface area contributed by atoms with E-state index in [2.05, 4.69) is 13.0 Å². The number of aryl methyl sites for hydroxylation is 2. The topological polar surface area (TPSA) is 101 Å². The van der Waals surface area contributed by atoms with E-state index >= 15 is 0 Å². The van der Waals surface area contributed by atoms with E-state index < -0.39 is 19.9 Å². The second-order valence-electron chi connectivity index (χ2n) is 9.74. The number of aliphatic hydroxyl groups excluding tert-OH is 1. The predicted octanol–water partition coefficient (Wildman–Crippen LogP) is 3.08. The summed E-state index contributed by atoms with van der Waals surface area (Å²) in [5.74, 6) is 0.899. The maximum absolute atomic E-state index is 14.0. The van der Waals surface area contributed by atoms with Crippen LogP contribution < -0.4 is 9.04 Å². The number of aliphatic hydroxyl groups is 1. The van der Waals surface area contributed by atoms with Crippen molar-refractivity contribution in [3.05, 3.63) is 53.1 Å². The zero-order chi connectivity index (χ0) is 24.1. The third kappa shape index (κ3) is 4.45. The van der Waals surface area contributed by atoms with Gasteiger partial charge in [-0.05, 0) is 73.4 Å². The van der Waals surface area contributed by atoms with Crippen LogP contribution in [0.5, 0.6) is 5.75 Å². The summed E-state index contributed by atoms with van der Waals surface area (Å²) in [6.07, 6.45) is 4.68. The molecule has 0 radical (unpaired) electrons. The third-order valence-corrected chi connectivity index (χ3v) is 11.0. The molecule has 0 amide bonds. The van der Waals surface area contributed by atoms with Gasteiger partial charge in [-0.15, -0.1) is 0 Å². The van der Waals surface area contributed by atoms with Crippen LogP contribution in [0.15, 0.2) is 41.3 Å². The third-order valence-electron chi connectivity index (χ3n) is 7.18. The van der Waals surface area contributed by atoms with E-state index in [1.54, 1.807) is 10.4 Å². The van der Waals surface area contributed by atoms with Crippen LogP contribution in [0.2, 0.25) is 0 Å². The first-order valence-electron chi connectivity index (χ1n) is 11.9. The zero-order valence-corrected chi connectivity index (χ0v) is 20.9. The van der Waals surface area contributed by atoms with Gasteiger partial charge in [-0.1, -0.05) is 19.1 Å². The van der Waals surface area contributed by atoms with Crippen LogP contribution in [0.4, 0.5) is 5.69 Å². The molecule has 184 valence electrons. The molecule has 34 heavy (non-hydrogen) atoms. The molecule has 7 nitrogen and oxygen atoms in total. The molecule has 1 N–H and O–H groups in total. The molecule has 2 aromatic rings. The summed E-state index contributed by atoms with van der Waals surface area (Å²) in [5.41, 5.74) is 3.41. The highest BCUT2D eigenvalue weighted by Crippen LogP contribution is 2.45. The summed E-state index contributed by atoms with van der Waals surface area (Å²) in [6.45, 7) is 1.95. The van der Waals surface area contributed by atoms with E-state index in [1.807, 2.05) is 12.1 Å². The van der Waals surface area contributed by atoms with Crippen molar-refractivity contribution >= 4 is 25.5 Å². The van der Waals surface area contributed by atoms with Gasteiger partial charge in [-0.3, -0.25) is 4.31 Å². The number of benzene rings is 2. The highest BCUT2D eigenvalue weighted by Gasteiger charge is 2.44. The Morgan fingerprint density at radius 3 is 2.50 bits per heavy atom. The van der Waals surface area contributed by atoms with Crippen molar-refractivity contribution in [1.82, 2.24) is 0 Å². The van der Waals surface area contributed by atoms with Crippen molar-refractivity contribution < 1.29 is 26.7 Å². The molecule has 1 atom stereocenters. The summed E-state index contributed by atoms with van der Waals surface area (Å²) in [6, 6.07) is 10.6. The van der Waals surface area contributed by atoms with Gasteiger partial charge in [0.1, 0.15) is 5.75 Å². The van der Waals surface area contributed by atoms with E-state index in [9.17, 15) is 21.9 Å². The van der Waals surface area contributed by atoms with E-state index in [-0.39, 0.29) is 41.6 Å². The molecule has 1 saturated carbocycles. The average Bonchev–Trinajstić information content (AvgIpc) is 3.65. The molecule has 2 aromatic carbocycles. The first-order valence-corrected chi connectivity index (χ1v) is 15.2. The number of nitrogens with zero attached hydrogens (tertiary/aromatic N) is 1. The van der Waals surface area contributed by atoms with Crippen molar-refractivity contribution in [3.63, 3.8) is 0 Å². The molecule has 9 heteroatoms. The summed E-state index contributed by atoms with van der Waals surface area (Å²) >= 11 is 0. The van der Waals surface area contributed by atoms with Crippen molar-refractivity contribution in [3.8, 4) is 5.75 Å². The fraction of sp³-hybridized carbons (Fsp3) is 0.520. The smallest absolute Gasteiger partial charge is 0.264 e. The lowest BCUT2D eigenvalue weighted by Crippen LogP contribution is -2.45. The maximum atomic E-state index is 14.0. The SMILES string of the molecule is CCc1ccc2c(c1)CCC(C1CC1)N2S(=O)(=O)c1ccc(OCC2CS(=O)(=O)C2)c(CO)c1. The minimum atomic E-state index is -3.85. The lowest BCUT2D eigenvalue weighted by atomic mass is 9.93. The van der Waals surface area contributed by atoms with Crippen molar-refractivity contribution in [1.29, 1.82) is 0 Å². The zero-order valence-electron chi connectivity index (χ0n) is 19.3. The second kappa shape index (κ2) is 8.84. The molecule has 5 rings (SSSR count).